The van der Waals surface area contributed by atoms with Crippen LogP contribution in [0.5, 0.6) is 0 Å². The Morgan fingerprint density at radius 3 is 2.46 bits per heavy atom. The summed E-state index contributed by atoms with van der Waals surface area (Å²) in [6, 6.07) is 19.8. The van der Waals surface area contributed by atoms with Crippen LogP contribution in [-0.4, -0.2) is 20.1 Å². The van der Waals surface area contributed by atoms with E-state index in [-0.39, 0.29) is 11.5 Å². The molecule has 0 saturated carbocycles. The van der Waals surface area contributed by atoms with Crippen LogP contribution in [0.3, 0.4) is 0 Å². The minimum Gasteiger partial charge on any atom is -0.321 e. The van der Waals surface area contributed by atoms with Gasteiger partial charge in [-0.2, -0.15) is 4.52 Å². The lowest BCUT2D eigenvalue weighted by Gasteiger charge is -2.11. The minimum absolute atomic E-state index is 0.256. The Bertz CT molecular complexity index is 1140. The maximum Gasteiger partial charge on any atom is 0.274 e. The highest BCUT2D eigenvalue weighted by Gasteiger charge is 2.18. The molecule has 0 aliphatic carbocycles. The molecule has 26 heavy (non-hydrogen) atoms. The molecule has 0 aliphatic rings. The summed E-state index contributed by atoms with van der Waals surface area (Å²) in [5, 5.41) is 2.87. The van der Waals surface area contributed by atoms with Crippen molar-refractivity contribution >= 4 is 17.2 Å². The molecule has 0 spiro atoms. The number of nitrogens with one attached hydrogen (secondary N) is 1. The number of anilines is 1. The summed E-state index contributed by atoms with van der Waals surface area (Å²) in [7, 11) is 0. The zero-order valence-corrected chi connectivity index (χ0v) is 14.1. The Balaban J connectivity index is 1.86. The Kier molecular flexibility index (Phi) is 3.85. The maximum absolute atomic E-state index is 12.9. The van der Waals surface area contributed by atoms with E-state index in [9.17, 15) is 9.59 Å². The van der Waals surface area contributed by atoms with Crippen LogP contribution in [0.2, 0.25) is 0 Å². The van der Waals surface area contributed by atoms with Gasteiger partial charge in [-0.25, -0.2) is 9.67 Å². The molecular weight excluding hydrogens is 328 g/mol. The molecule has 1 amide bonds. The van der Waals surface area contributed by atoms with Crippen molar-refractivity contribution in [1.29, 1.82) is 0 Å². The van der Waals surface area contributed by atoms with E-state index in [1.54, 1.807) is 10.7 Å². The lowest BCUT2D eigenvalue weighted by molar-refractivity contribution is 0.101. The second-order valence-corrected chi connectivity index (χ2v) is 5.95. The van der Waals surface area contributed by atoms with Crippen LogP contribution in [0.15, 0.2) is 77.7 Å². The quantitative estimate of drug-likeness (QED) is 0.621. The summed E-state index contributed by atoms with van der Waals surface area (Å²) in [5.74, 6) is -0.317. The van der Waals surface area contributed by atoms with Crippen LogP contribution in [-0.2, 0) is 0 Å². The van der Waals surface area contributed by atoms with Crippen molar-refractivity contribution in [2.24, 2.45) is 0 Å². The van der Waals surface area contributed by atoms with E-state index in [0.29, 0.717) is 22.7 Å². The third kappa shape index (κ3) is 2.77. The molecule has 0 fully saturated rings. The predicted molar refractivity (Wildman–Crippen MR) is 99.9 cm³/mol. The summed E-state index contributed by atoms with van der Waals surface area (Å²) < 4.78 is 2.97. The monoisotopic (exact) mass is 344 g/mol. The summed E-state index contributed by atoms with van der Waals surface area (Å²) in [6.07, 6.45) is 1.44. The molecule has 0 saturated heterocycles. The van der Waals surface area contributed by atoms with Gasteiger partial charge in [-0.1, -0.05) is 35.9 Å². The third-order valence-electron chi connectivity index (χ3n) is 4.09. The van der Waals surface area contributed by atoms with Crippen LogP contribution >= 0.6 is 0 Å². The number of aryl methyl sites for hydroxylation is 1. The number of hydrogen-bond donors (Lipinski definition) is 1. The van der Waals surface area contributed by atoms with E-state index >= 15 is 0 Å². The first-order valence-electron chi connectivity index (χ1n) is 8.17. The Morgan fingerprint density at radius 1 is 1.00 bits per heavy atom. The smallest absolute Gasteiger partial charge is 0.274 e. The number of hydrogen-bond acceptors (Lipinski definition) is 3. The lowest BCUT2D eigenvalue weighted by Crippen LogP contribution is -2.23. The Morgan fingerprint density at radius 2 is 1.73 bits per heavy atom. The average molecular weight is 344 g/mol. The van der Waals surface area contributed by atoms with Crippen LogP contribution < -0.4 is 10.9 Å². The molecule has 0 bridgehead atoms. The number of rotatable bonds is 3. The molecule has 1 N–H and O–H groups in total. The highest BCUT2D eigenvalue weighted by molar-refractivity contribution is 6.04. The normalized spacial score (nSPS) is 10.8. The largest absolute Gasteiger partial charge is 0.321 e. The van der Waals surface area contributed by atoms with Crippen molar-refractivity contribution < 1.29 is 4.79 Å². The molecule has 2 aromatic carbocycles. The first-order chi connectivity index (χ1) is 12.6. The number of amides is 1. The van der Waals surface area contributed by atoms with E-state index in [2.05, 4.69) is 10.3 Å². The van der Waals surface area contributed by atoms with Gasteiger partial charge >= 0.3 is 0 Å². The molecule has 2 heterocycles. The van der Waals surface area contributed by atoms with Gasteiger partial charge < -0.3 is 5.32 Å². The average Bonchev–Trinajstić information content (AvgIpc) is 3.05. The zero-order chi connectivity index (χ0) is 18.1. The third-order valence-corrected chi connectivity index (χ3v) is 4.09. The van der Waals surface area contributed by atoms with E-state index in [1.807, 2.05) is 61.5 Å². The summed E-state index contributed by atoms with van der Waals surface area (Å²) in [6.45, 7) is 1.98. The van der Waals surface area contributed by atoms with Crippen LogP contribution in [0, 0.1) is 6.92 Å². The number of para-hydroxylation sites is 1. The number of aromatic nitrogens is 3. The maximum atomic E-state index is 12.9. The van der Waals surface area contributed by atoms with Gasteiger partial charge in [-0.05, 0) is 31.2 Å². The number of carbonyl (C=O) groups is 1. The van der Waals surface area contributed by atoms with Crippen LogP contribution in [0.4, 0.5) is 5.69 Å². The van der Waals surface area contributed by atoms with Gasteiger partial charge in [0.2, 0.25) is 0 Å². The standard InChI is InChI=1S/C20H16N4O2/c1-14-7-9-15(10-8-14)22-20(26)17-13-18-21-12-11-19(25)24(18)23(17)16-5-3-2-4-6-16/h2-13H,1H3,(H,22,26). The molecule has 0 atom stereocenters. The van der Waals surface area contributed by atoms with Crippen molar-refractivity contribution in [1.82, 2.24) is 14.2 Å². The fourth-order valence-electron chi connectivity index (χ4n) is 2.82. The Labute approximate surface area is 149 Å². The summed E-state index contributed by atoms with van der Waals surface area (Å²) >= 11 is 0. The van der Waals surface area contributed by atoms with Gasteiger partial charge in [0, 0.05) is 24.0 Å². The summed E-state index contributed by atoms with van der Waals surface area (Å²) in [4.78, 5) is 29.5. The van der Waals surface area contributed by atoms with Gasteiger partial charge in [-0.15, -0.1) is 0 Å². The van der Waals surface area contributed by atoms with E-state index in [1.165, 1.54) is 16.8 Å². The number of nitrogens with zero attached hydrogens (tertiary/aromatic N) is 3. The topological polar surface area (TPSA) is 68.4 Å². The van der Waals surface area contributed by atoms with Crippen molar-refractivity contribution in [3.8, 4) is 5.69 Å². The fraction of sp³-hybridized carbons (Fsp3) is 0.0500. The van der Waals surface area contributed by atoms with E-state index < -0.39 is 0 Å². The first-order valence-corrected chi connectivity index (χ1v) is 8.17. The molecule has 0 aliphatic heterocycles. The summed E-state index contributed by atoms with van der Waals surface area (Å²) in [5.41, 5.74) is 2.98. The molecule has 4 aromatic rings. The van der Waals surface area contributed by atoms with Crippen molar-refractivity contribution in [2.45, 2.75) is 6.92 Å². The van der Waals surface area contributed by atoms with Crippen molar-refractivity contribution in [3.05, 3.63) is 94.5 Å². The van der Waals surface area contributed by atoms with E-state index in [4.69, 9.17) is 0 Å². The molecular formula is C20H16N4O2. The van der Waals surface area contributed by atoms with Crippen LogP contribution in [0.1, 0.15) is 16.1 Å². The predicted octanol–water partition coefficient (Wildman–Crippen LogP) is 3.05. The highest BCUT2D eigenvalue weighted by atomic mass is 16.2. The molecule has 4 rings (SSSR count). The number of carbonyl (C=O) groups excluding carboxylic acids is 1. The molecule has 0 unspecified atom stereocenters. The van der Waals surface area contributed by atoms with Gasteiger partial charge in [0.15, 0.2) is 5.65 Å². The Hall–Kier alpha value is -3.67. The molecule has 6 nitrogen and oxygen atoms in total. The molecule has 6 heteroatoms. The molecule has 128 valence electrons. The van der Waals surface area contributed by atoms with Gasteiger partial charge in [0.25, 0.3) is 11.5 Å². The van der Waals surface area contributed by atoms with Crippen LogP contribution in [0.25, 0.3) is 11.3 Å². The van der Waals surface area contributed by atoms with Gasteiger partial charge in [0.05, 0.1) is 5.69 Å². The lowest BCUT2D eigenvalue weighted by atomic mass is 10.2. The van der Waals surface area contributed by atoms with Crippen molar-refractivity contribution in [2.75, 3.05) is 5.32 Å². The number of benzene rings is 2. The van der Waals surface area contributed by atoms with E-state index in [0.717, 1.165) is 5.56 Å². The number of fused-ring (bicyclic) bond motifs is 1. The molecule has 0 radical (unpaired) electrons. The highest BCUT2D eigenvalue weighted by Crippen LogP contribution is 2.17. The fourth-order valence-corrected chi connectivity index (χ4v) is 2.82. The second kappa shape index (κ2) is 6.33. The van der Waals surface area contributed by atoms with Gasteiger partial charge in [-0.3, -0.25) is 9.59 Å². The second-order valence-electron chi connectivity index (χ2n) is 5.95. The zero-order valence-electron chi connectivity index (χ0n) is 14.1. The molecule has 2 aromatic heterocycles. The SMILES string of the molecule is Cc1ccc(NC(=O)c2cc3nccc(=O)n3n2-c2ccccc2)cc1. The minimum atomic E-state index is -0.317. The van der Waals surface area contributed by atoms with Crippen molar-refractivity contribution in [3.63, 3.8) is 0 Å². The van der Waals surface area contributed by atoms with Gasteiger partial charge in [0.1, 0.15) is 5.69 Å². The first kappa shape index (κ1) is 15.8.